The van der Waals surface area contributed by atoms with Crippen molar-refractivity contribution in [3.8, 4) is 0 Å². The van der Waals surface area contributed by atoms with Gasteiger partial charge in [0.2, 0.25) is 0 Å². The van der Waals surface area contributed by atoms with Gasteiger partial charge in [-0.15, -0.1) is 0 Å². The second-order valence-electron chi connectivity index (χ2n) is 3.08. The molecule has 0 atom stereocenters. The third-order valence-electron chi connectivity index (χ3n) is 2.19. The summed E-state index contributed by atoms with van der Waals surface area (Å²) in [7, 11) is 1.40. The molecule has 0 saturated heterocycles. The van der Waals surface area contributed by atoms with Crippen molar-refractivity contribution >= 4 is 8.56 Å². The van der Waals surface area contributed by atoms with Crippen LogP contribution in [0, 0.1) is 5.92 Å². The lowest BCUT2D eigenvalue weighted by molar-refractivity contribution is 0.242. The Hall–Kier alpha value is 0.0569. The molecular formula is C7H20N2O2Si. The zero-order valence-corrected chi connectivity index (χ0v) is 9.17. The Morgan fingerprint density at radius 2 is 1.58 bits per heavy atom. The standard InChI is InChI=1S/C7H20N2O2Si/c1-10-12(3,11-2)6-7(4-8)5-9/h7H,4-6,8-9H2,1-3H3. The first-order valence-electron chi connectivity index (χ1n) is 4.12. The lowest BCUT2D eigenvalue weighted by Gasteiger charge is -2.26. The quantitative estimate of drug-likeness (QED) is 0.576. The molecule has 0 aromatic heterocycles. The van der Waals surface area contributed by atoms with E-state index >= 15 is 0 Å². The third kappa shape index (κ3) is 3.64. The van der Waals surface area contributed by atoms with Gasteiger partial charge in [0.05, 0.1) is 0 Å². The van der Waals surface area contributed by atoms with Crippen molar-refractivity contribution in [1.82, 2.24) is 0 Å². The molecule has 0 rings (SSSR count). The lowest BCUT2D eigenvalue weighted by atomic mass is 10.2. The molecule has 0 amide bonds. The van der Waals surface area contributed by atoms with Gasteiger partial charge in [-0.25, -0.2) is 0 Å². The van der Waals surface area contributed by atoms with Crippen molar-refractivity contribution in [3.05, 3.63) is 0 Å². The highest BCUT2D eigenvalue weighted by molar-refractivity contribution is 6.66. The monoisotopic (exact) mass is 192 g/mol. The van der Waals surface area contributed by atoms with Crippen LogP contribution >= 0.6 is 0 Å². The van der Waals surface area contributed by atoms with E-state index < -0.39 is 8.56 Å². The predicted molar refractivity (Wildman–Crippen MR) is 52.0 cm³/mol. The molecular weight excluding hydrogens is 172 g/mol. The number of hydrogen-bond acceptors (Lipinski definition) is 4. The van der Waals surface area contributed by atoms with Gasteiger partial charge >= 0.3 is 8.56 Å². The van der Waals surface area contributed by atoms with E-state index in [9.17, 15) is 0 Å². The minimum absolute atomic E-state index is 0.321. The van der Waals surface area contributed by atoms with Crippen LogP contribution in [0.25, 0.3) is 0 Å². The van der Waals surface area contributed by atoms with Gasteiger partial charge in [-0.3, -0.25) is 0 Å². The first kappa shape index (κ1) is 12.1. The largest absolute Gasteiger partial charge is 0.398 e. The zero-order chi connectivity index (χ0) is 9.61. The third-order valence-corrected chi connectivity index (χ3v) is 5.24. The fourth-order valence-corrected chi connectivity index (χ4v) is 2.92. The maximum Gasteiger partial charge on any atom is 0.334 e. The highest BCUT2D eigenvalue weighted by Gasteiger charge is 2.31. The SMILES string of the molecule is CO[Si](C)(CC(CN)CN)OC. The molecule has 0 spiro atoms. The molecule has 4 N–H and O–H groups in total. The second kappa shape index (κ2) is 5.66. The molecule has 4 nitrogen and oxygen atoms in total. The summed E-state index contributed by atoms with van der Waals surface area (Å²) < 4.78 is 10.7. The molecule has 0 aliphatic heterocycles. The Labute approximate surface area is 75.5 Å². The summed E-state index contributed by atoms with van der Waals surface area (Å²) in [6.07, 6.45) is 0. The van der Waals surface area contributed by atoms with Crippen molar-refractivity contribution in [3.63, 3.8) is 0 Å². The van der Waals surface area contributed by atoms with E-state index in [1.807, 2.05) is 6.55 Å². The molecule has 5 heteroatoms. The Morgan fingerprint density at radius 3 is 1.83 bits per heavy atom. The number of nitrogens with two attached hydrogens (primary N) is 2. The first-order chi connectivity index (χ1) is 5.61. The van der Waals surface area contributed by atoms with Crippen LogP contribution in [0.15, 0.2) is 0 Å². The smallest absolute Gasteiger partial charge is 0.334 e. The van der Waals surface area contributed by atoms with Crippen molar-refractivity contribution in [1.29, 1.82) is 0 Å². The van der Waals surface area contributed by atoms with Crippen LogP contribution in [0.5, 0.6) is 0 Å². The summed E-state index contributed by atoms with van der Waals surface area (Å²) in [4.78, 5) is 0. The van der Waals surface area contributed by atoms with Gasteiger partial charge in [-0.2, -0.15) is 0 Å². The molecule has 0 aromatic carbocycles. The topological polar surface area (TPSA) is 70.5 Å². The van der Waals surface area contributed by atoms with Crippen LogP contribution in [-0.4, -0.2) is 35.9 Å². The molecule has 0 unspecified atom stereocenters. The number of rotatable bonds is 6. The van der Waals surface area contributed by atoms with Gasteiger partial charge in [0, 0.05) is 14.2 Å². The summed E-state index contributed by atoms with van der Waals surface area (Å²) in [5, 5.41) is 0. The summed E-state index contributed by atoms with van der Waals surface area (Å²) in [5.74, 6) is 0.321. The zero-order valence-electron chi connectivity index (χ0n) is 8.17. The van der Waals surface area contributed by atoms with Gasteiger partial charge < -0.3 is 20.3 Å². The molecule has 0 heterocycles. The Kier molecular flexibility index (Phi) is 5.69. The summed E-state index contributed by atoms with van der Waals surface area (Å²) in [6.45, 7) is 3.23. The van der Waals surface area contributed by atoms with Gasteiger partial charge in [0.1, 0.15) is 0 Å². The minimum atomic E-state index is -1.96. The number of hydrogen-bond donors (Lipinski definition) is 2. The Morgan fingerprint density at radius 1 is 1.17 bits per heavy atom. The highest BCUT2D eigenvalue weighted by Crippen LogP contribution is 2.16. The van der Waals surface area contributed by atoms with E-state index in [4.69, 9.17) is 20.3 Å². The summed E-state index contributed by atoms with van der Waals surface area (Å²) >= 11 is 0. The average Bonchev–Trinajstić information content (AvgIpc) is 2.14. The van der Waals surface area contributed by atoms with Gasteiger partial charge in [-0.1, -0.05) is 0 Å². The van der Waals surface area contributed by atoms with Crippen molar-refractivity contribution in [2.45, 2.75) is 12.6 Å². The van der Waals surface area contributed by atoms with Gasteiger partial charge in [0.25, 0.3) is 0 Å². The highest BCUT2D eigenvalue weighted by atomic mass is 28.4. The maximum absolute atomic E-state index is 5.53. The molecule has 0 radical (unpaired) electrons. The molecule has 0 fully saturated rings. The fourth-order valence-electron chi connectivity index (χ4n) is 1.04. The lowest BCUT2D eigenvalue weighted by Crippen LogP contribution is -2.41. The minimum Gasteiger partial charge on any atom is -0.398 e. The molecule has 0 aliphatic carbocycles. The molecule has 0 aromatic rings. The Bertz CT molecular complexity index is 116. The summed E-state index contributed by atoms with van der Waals surface area (Å²) in [5.41, 5.74) is 11.1. The van der Waals surface area contributed by atoms with Crippen molar-refractivity contribution in [2.75, 3.05) is 27.3 Å². The van der Waals surface area contributed by atoms with E-state index in [0.717, 1.165) is 6.04 Å². The normalized spacial score (nSPS) is 12.5. The molecule has 0 aliphatic rings. The molecule has 0 saturated carbocycles. The summed E-state index contributed by atoms with van der Waals surface area (Å²) in [6, 6.07) is 0.868. The van der Waals surface area contributed by atoms with Gasteiger partial charge in [0.15, 0.2) is 0 Å². The van der Waals surface area contributed by atoms with E-state index in [1.54, 1.807) is 14.2 Å². The molecule has 74 valence electrons. The Balaban J connectivity index is 3.99. The van der Waals surface area contributed by atoms with Crippen LogP contribution in [0.1, 0.15) is 0 Å². The fraction of sp³-hybridized carbons (Fsp3) is 1.00. The van der Waals surface area contributed by atoms with Crippen molar-refractivity contribution in [2.24, 2.45) is 17.4 Å². The van der Waals surface area contributed by atoms with Crippen molar-refractivity contribution < 1.29 is 8.85 Å². The first-order valence-corrected chi connectivity index (χ1v) is 6.64. The second-order valence-corrected chi connectivity index (χ2v) is 6.58. The van der Waals surface area contributed by atoms with E-state index in [2.05, 4.69) is 0 Å². The van der Waals surface area contributed by atoms with Gasteiger partial charge in [-0.05, 0) is 31.6 Å². The molecule has 0 bridgehead atoms. The van der Waals surface area contributed by atoms with E-state index in [-0.39, 0.29) is 0 Å². The average molecular weight is 192 g/mol. The maximum atomic E-state index is 5.53. The van der Waals surface area contributed by atoms with Crippen LogP contribution in [-0.2, 0) is 8.85 Å². The van der Waals surface area contributed by atoms with Crippen LogP contribution in [0.3, 0.4) is 0 Å². The van der Waals surface area contributed by atoms with E-state index in [0.29, 0.717) is 19.0 Å². The van der Waals surface area contributed by atoms with E-state index in [1.165, 1.54) is 0 Å². The van der Waals surface area contributed by atoms with Crippen LogP contribution < -0.4 is 11.5 Å². The van der Waals surface area contributed by atoms with Crippen LogP contribution in [0.2, 0.25) is 12.6 Å². The predicted octanol–water partition coefficient (Wildman–Crippen LogP) is -0.115. The van der Waals surface area contributed by atoms with Crippen LogP contribution in [0.4, 0.5) is 0 Å². The molecule has 12 heavy (non-hydrogen) atoms.